The molecule has 0 aliphatic heterocycles. The Hall–Kier alpha value is -2.28. The molecule has 0 fully saturated rings. The lowest BCUT2D eigenvalue weighted by atomic mass is 10.2. The average molecular weight is 323 g/mol. The molecule has 1 aromatic carbocycles. The fourth-order valence-corrected chi connectivity index (χ4v) is 1.94. The van der Waals surface area contributed by atoms with Crippen LogP contribution in [0, 0.1) is 0 Å². The summed E-state index contributed by atoms with van der Waals surface area (Å²) in [4.78, 5) is 27.3. The van der Waals surface area contributed by atoms with Crippen molar-refractivity contribution in [2.24, 2.45) is 0 Å². The molecule has 1 N–H and O–H groups in total. The predicted octanol–water partition coefficient (Wildman–Crippen LogP) is 1.05. The topological polar surface area (TPSA) is 71.1 Å². The van der Waals surface area contributed by atoms with E-state index in [4.69, 9.17) is 9.47 Å². The van der Waals surface area contributed by atoms with Gasteiger partial charge in [-0.05, 0) is 26.2 Å². The third-order valence-electron chi connectivity index (χ3n) is 3.28. The zero-order valence-corrected chi connectivity index (χ0v) is 14.4. The lowest BCUT2D eigenvalue weighted by Crippen LogP contribution is -2.40. The van der Waals surface area contributed by atoms with Crippen molar-refractivity contribution >= 4 is 17.5 Å². The van der Waals surface area contributed by atoms with Gasteiger partial charge >= 0.3 is 0 Å². The smallest absolute Gasteiger partial charge is 0.244 e. The fourth-order valence-electron chi connectivity index (χ4n) is 1.94. The van der Waals surface area contributed by atoms with Crippen molar-refractivity contribution in [3.63, 3.8) is 0 Å². The summed E-state index contributed by atoms with van der Waals surface area (Å²) >= 11 is 0. The Bertz CT molecular complexity index is 546. The molecule has 0 saturated carbocycles. The highest BCUT2D eigenvalue weighted by Crippen LogP contribution is 2.28. The molecule has 7 nitrogen and oxygen atoms in total. The van der Waals surface area contributed by atoms with Crippen LogP contribution in [0.4, 0.5) is 5.69 Å². The predicted molar refractivity (Wildman–Crippen MR) is 89.0 cm³/mol. The van der Waals surface area contributed by atoms with Crippen molar-refractivity contribution in [3.05, 3.63) is 18.2 Å². The van der Waals surface area contributed by atoms with Crippen molar-refractivity contribution in [2.45, 2.75) is 6.92 Å². The number of carbonyl (C=O) groups excluding carboxylic acids is 2. The molecule has 1 aromatic rings. The first-order valence-electron chi connectivity index (χ1n) is 7.29. The van der Waals surface area contributed by atoms with Crippen LogP contribution in [0.1, 0.15) is 6.92 Å². The molecule has 2 amide bonds. The maximum Gasteiger partial charge on any atom is 0.244 e. The van der Waals surface area contributed by atoms with E-state index in [0.29, 0.717) is 30.3 Å². The van der Waals surface area contributed by atoms with E-state index in [1.165, 1.54) is 18.9 Å². The monoisotopic (exact) mass is 323 g/mol. The van der Waals surface area contributed by atoms with Crippen LogP contribution in [0.15, 0.2) is 18.2 Å². The van der Waals surface area contributed by atoms with E-state index in [1.807, 2.05) is 19.0 Å². The van der Waals surface area contributed by atoms with Crippen LogP contribution in [-0.2, 0) is 9.59 Å². The molecule has 1 rings (SSSR count). The number of benzene rings is 1. The number of likely N-dealkylation sites (N-methyl/N-ethyl adjacent to an activating group) is 1. The quantitative estimate of drug-likeness (QED) is 0.774. The van der Waals surface area contributed by atoms with Crippen molar-refractivity contribution in [3.8, 4) is 11.5 Å². The third-order valence-corrected chi connectivity index (χ3v) is 3.28. The van der Waals surface area contributed by atoms with E-state index in [9.17, 15) is 9.59 Å². The summed E-state index contributed by atoms with van der Waals surface area (Å²) in [6.07, 6.45) is 0. The minimum Gasteiger partial charge on any atom is -0.497 e. The second-order valence-electron chi connectivity index (χ2n) is 5.36. The van der Waals surface area contributed by atoms with Crippen LogP contribution in [0.25, 0.3) is 0 Å². The van der Waals surface area contributed by atoms with Gasteiger partial charge in [-0.15, -0.1) is 0 Å². The van der Waals surface area contributed by atoms with Gasteiger partial charge in [0, 0.05) is 26.1 Å². The Morgan fingerprint density at radius 1 is 1.13 bits per heavy atom. The summed E-state index contributed by atoms with van der Waals surface area (Å²) in [5.41, 5.74) is 0.507. The highest BCUT2D eigenvalue weighted by Gasteiger charge is 2.15. The first-order chi connectivity index (χ1) is 10.9. The molecular weight excluding hydrogens is 298 g/mol. The molecular formula is C16H25N3O4. The van der Waals surface area contributed by atoms with Crippen LogP contribution < -0.4 is 14.8 Å². The molecule has 0 unspecified atom stereocenters. The van der Waals surface area contributed by atoms with Crippen LogP contribution >= 0.6 is 0 Å². The Balaban J connectivity index is 2.75. The van der Waals surface area contributed by atoms with Gasteiger partial charge in [0.1, 0.15) is 11.5 Å². The van der Waals surface area contributed by atoms with E-state index in [2.05, 4.69) is 5.32 Å². The Labute approximate surface area is 137 Å². The molecule has 128 valence electrons. The number of rotatable bonds is 8. The molecule has 0 radical (unpaired) electrons. The first kappa shape index (κ1) is 18.8. The van der Waals surface area contributed by atoms with E-state index >= 15 is 0 Å². The van der Waals surface area contributed by atoms with E-state index in [0.717, 1.165) is 0 Å². The van der Waals surface area contributed by atoms with Crippen LogP contribution in [-0.4, -0.2) is 69.6 Å². The minimum atomic E-state index is -0.287. The number of ether oxygens (including phenoxy) is 2. The maximum atomic E-state index is 12.2. The maximum absolute atomic E-state index is 12.2. The molecule has 0 saturated heterocycles. The standard InChI is InChI=1S/C16H25N3O4/c1-12(20)19(9-8-18(2)3)11-16(21)17-14-10-13(22-4)6-7-15(14)23-5/h6-7,10H,8-9,11H2,1-5H3,(H,17,21). The molecule has 0 spiro atoms. The number of nitrogens with one attached hydrogen (secondary N) is 1. The number of hydrogen-bond acceptors (Lipinski definition) is 5. The van der Waals surface area contributed by atoms with Gasteiger partial charge in [0.25, 0.3) is 0 Å². The summed E-state index contributed by atoms with van der Waals surface area (Å²) < 4.78 is 10.4. The normalized spacial score (nSPS) is 10.3. The molecule has 0 heterocycles. The summed E-state index contributed by atoms with van der Waals surface area (Å²) in [7, 11) is 6.90. The van der Waals surface area contributed by atoms with Gasteiger partial charge < -0.3 is 24.6 Å². The summed E-state index contributed by atoms with van der Waals surface area (Å²) in [6, 6.07) is 5.13. The van der Waals surface area contributed by atoms with Gasteiger partial charge in [-0.1, -0.05) is 0 Å². The highest BCUT2D eigenvalue weighted by molar-refractivity contribution is 5.95. The van der Waals surface area contributed by atoms with Gasteiger partial charge in [-0.3, -0.25) is 9.59 Å². The second kappa shape index (κ2) is 8.99. The molecule has 0 aliphatic rings. The largest absolute Gasteiger partial charge is 0.497 e. The Kier molecular flexibility index (Phi) is 7.34. The highest BCUT2D eigenvalue weighted by atomic mass is 16.5. The number of methoxy groups -OCH3 is 2. The lowest BCUT2D eigenvalue weighted by molar-refractivity contribution is -0.132. The fraction of sp³-hybridized carbons (Fsp3) is 0.500. The van der Waals surface area contributed by atoms with Crippen LogP contribution in [0.3, 0.4) is 0 Å². The van der Waals surface area contributed by atoms with Crippen LogP contribution in [0.5, 0.6) is 11.5 Å². The van der Waals surface area contributed by atoms with Gasteiger partial charge in [-0.2, -0.15) is 0 Å². The minimum absolute atomic E-state index is 0.0104. The summed E-state index contributed by atoms with van der Waals surface area (Å²) in [6.45, 7) is 2.62. The molecule has 23 heavy (non-hydrogen) atoms. The summed E-state index contributed by atoms with van der Waals surface area (Å²) in [5.74, 6) is 0.712. The van der Waals surface area contributed by atoms with E-state index < -0.39 is 0 Å². The SMILES string of the molecule is COc1ccc(OC)c(NC(=O)CN(CCN(C)C)C(C)=O)c1. The molecule has 7 heteroatoms. The van der Waals surface area contributed by atoms with Gasteiger partial charge in [0.15, 0.2) is 0 Å². The molecule has 0 aromatic heterocycles. The van der Waals surface area contributed by atoms with Crippen molar-refractivity contribution < 1.29 is 19.1 Å². The van der Waals surface area contributed by atoms with Gasteiger partial charge in [0.2, 0.25) is 11.8 Å². The molecule has 0 atom stereocenters. The van der Waals surface area contributed by atoms with Gasteiger partial charge in [-0.25, -0.2) is 0 Å². The van der Waals surface area contributed by atoms with Gasteiger partial charge in [0.05, 0.1) is 26.5 Å². The molecule has 0 aliphatic carbocycles. The lowest BCUT2D eigenvalue weighted by Gasteiger charge is -2.22. The Morgan fingerprint density at radius 2 is 1.83 bits per heavy atom. The zero-order chi connectivity index (χ0) is 17.4. The number of amides is 2. The number of anilines is 1. The van der Waals surface area contributed by atoms with Crippen molar-refractivity contribution in [1.29, 1.82) is 0 Å². The number of carbonyl (C=O) groups is 2. The van der Waals surface area contributed by atoms with E-state index in [1.54, 1.807) is 25.3 Å². The molecule has 0 bridgehead atoms. The third kappa shape index (κ3) is 6.15. The first-order valence-corrected chi connectivity index (χ1v) is 7.29. The van der Waals surface area contributed by atoms with Crippen molar-refractivity contribution in [1.82, 2.24) is 9.80 Å². The average Bonchev–Trinajstić information content (AvgIpc) is 2.50. The van der Waals surface area contributed by atoms with E-state index in [-0.39, 0.29) is 18.4 Å². The van der Waals surface area contributed by atoms with Crippen LogP contribution in [0.2, 0.25) is 0 Å². The number of nitrogens with zero attached hydrogens (tertiary/aromatic N) is 2. The zero-order valence-electron chi connectivity index (χ0n) is 14.4. The van der Waals surface area contributed by atoms with Crippen molar-refractivity contribution in [2.75, 3.05) is 53.3 Å². The Morgan fingerprint density at radius 3 is 2.35 bits per heavy atom. The number of hydrogen-bond donors (Lipinski definition) is 1. The summed E-state index contributed by atoms with van der Waals surface area (Å²) in [5, 5.41) is 2.76. The second-order valence-corrected chi connectivity index (χ2v) is 5.36.